The molecule has 2 aromatic rings. The molecule has 148 valence electrons. The first-order chi connectivity index (χ1) is 13.2. The van der Waals surface area contributed by atoms with Gasteiger partial charge in [0.1, 0.15) is 0 Å². The lowest BCUT2D eigenvalue weighted by Crippen LogP contribution is -2.49. The Labute approximate surface area is 162 Å². The number of amides is 1. The largest absolute Gasteiger partial charge is 0.368 e. The first kappa shape index (κ1) is 19.8. The molecule has 0 spiro atoms. The Morgan fingerprint density at radius 1 is 1.07 bits per heavy atom. The Kier molecular flexibility index (Phi) is 5.61. The normalized spacial score (nSPS) is 14.8. The molecule has 0 bridgehead atoms. The van der Waals surface area contributed by atoms with Gasteiger partial charge in [-0.25, -0.2) is 13.6 Å². The van der Waals surface area contributed by atoms with Crippen LogP contribution in [0.2, 0.25) is 0 Å². The van der Waals surface area contributed by atoms with E-state index in [4.69, 9.17) is 5.14 Å². The van der Waals surface area contributed by atoms with Gasteiger partial charge in [-0.05, 0) is 23.8 Å². The topological polar surface area (TPSA) is 127 Å². The van der Waals surface area contributed by atoms with Crippen molar-refractivity contribution in [2.24, 2.45) is 5.14 Å². The lowest BCUT2D eigenvalue weighted by atomic mass is 10.1. The molecule has 2 N–H and O–H groups in total. The molecule has 3 rings (SSSR count). The molecule has 28 heavy (non-hydrogen) atoms. The van der Waals surface area contributed by atoms with Crippen LogP contribution in [0.4, 0.5) is 11.4 Å². The van der Waals surface area contributed by atoms with Crippen LogP contribution < -0.4 is 10.0 Å². The first-order valence-electron chi connectivity index (χ1n) is 8.63. The second kappa shape index (κ2) is 7.95. The summed E-state index contributed by atoms with van der Waals surface area (Å²) in [6, 6.07) is 12.4. The van der Waals surface area contributed by atoms with E-state index in [1.807, 2.05) is 11.0 Å². The average molecular weight is 404 g/mol. The van der Waals surface area contributed by atoms with Crippen LogP contribution in [0, 0.1) is 10.1 Å². The number of nitrogens with zero attached hydrogens (tertiary/aromatic N) is 3. The van der Waals surface area contributed by atoms with Crippen molar-refractivity contribution in [3.05, 3.63) is 64.2 Å². The molecule has 1 amide bonds. The summed E-state index contributed by atoms with van der Waals surface area (Å²) in [7, 11) is -3.75. The number of nitro groups is 1. The van der Waals surface area contributed by atoms with E-state index in [9.17, 15) is 23.3 Å². The highest BCUT2D eigenvalue weighted by atomic mass is 32.2. The second-order valence-corrected chi connectivity index (χ2v) is 8.07. The lowest BCUT2D eigenvalue weighted by molar-refractivity contribution is -0.384. The standard InChI is InChI=1S/C18H20N4O5S/c19-28(26,27)17-6-4-14(5-7-17)12-18(23)21-10-8-20(9-11-21)15-2-1-3-16(13-15)22(24)25/h1-7,13H,8-12H2,(H2,19,26,27). The van der Waals surface area contributed by atoms with E-state index < -0.39 is 14.9 Å². The number of non-ortho nitro benzene ring substituents is 1. The Hall–Kier alpha value is -2.98. The van der Waals surface area contributed by atoms with Crippen molar-refractivity contribution in [3.63, 3.8) is 0 Å². The third-order valence-electron chi connectivity index (χ3n) is 4.65. The van der Waals surface area contributed by atoms with Gasteiger partial charge in [-0.1, -0.05) is 18.2 Å². The molecule has 1 aliphatic heterocycles. The molecule has 1 aliphatic rings. The van der Waals surface area contributed by atoms with Crippen LogP contribution in [0.3, 0.4) is 0 Å². The molecule has 1 saturated heterocycles. The second-order valence-electron chi connectivity index (χ2n) is 6.51. The predicted molar refractivity (Wildman–Crippen MR) is 103 cm³/mol. The van der Waals surface area contributed by atoms with Crippen LogP contribution in [-0.4, -0.2) is 50.3 Å². The van der Waals surface area contributed by atoms with E-state index in [-0.39, 0.29) is 22.9 Å². The Morgan fingerprint density at radius 3 is 2.29 bits per heavy atom. The van der Waals surface area contributed by atoms with Crippen LogP contribution in [0.5, 0.6) is 0 Å². The van der Waals surface area contributed by atoms with Crippen molar-refractivity contribution in [1.29, 1.82) is 0 Å². The number of hydrogen-bond acceptors (Lipinski definition) is 6. The number of nitrogens with two attached hydrogens (primary N) is 1. The average Bonchev–Trinajstić information content (AvgIpc) is 2.68. The van der Waals surface area contributed by atoms with Gasteiger partial charge in [0.15, 0.2) is 0 Å². The van der Waals surface area contributed by atoms with E-state index in [2.05, 4.69) is 0 Å². The number of nitro benzene ring substituents is 1. The summed E-state index contributed by atoms with van der Waals surface area (Å²) in [5, 5.41) is 16.0. The number of carbonyl (C=O) groups excluding carboxylic acids is 1. The third-order valence-corrected chi connectivity index (χ3v) is 5.57. The summed E-state index contributed by atoms with van der Waals surface area (Å²) in [4.78, 5) is 26.8. The van der Waals surface area contributed by atoms with E-state index in [0.29, 0.717) is 31.7 Å². The highest BCUT2D eigenvalue weighted by Crippen LogP contribution is 2.22. The smallest absolute Gasteiger partial charge is 0.271 e. The number of carbonyl (C=O) groups is 1. The number of benzene rings is 2. The number of rotatable bonds is 5. The fourth-order valence-electron chi connectivity index (χ4n) is 3.10. The van der Waals surface area contributed by atoms with Gasteiger partial charge < -0.3 is 9.80 Å². The van der Waals surface area contributed by atoms with E-state index >= 15 is 0 Å². The van der Waals surface area contributed by atoms with Gasteiger partial charge in [-0.2, -0.15) is 0 Å². The molecule has 0 unspecified atom stereocenters. The van der Waals surface area contributed by atoms with Crippen molar-refractivity contribution >= 4 is 27.3 Å². The monoisotopic (exact) mass is 404 g/mol. The molecule has 10 heteroatoms. The van der Waals surface area contributed by atoms with Crippen LogP contribution in [0.1, 0.15) is 5.56 Å². The maximum absolute atomic E-state index is 12.5. The van der Waals surface area contributed by atoms with Crippen molar-refractivity contribution in [3.8, 4) is 0 Å². The van der Waals surface area contributed by atoms with Crippen molar-refractivity contribution in [1.82, 2.24) is 4.90 Å². The van der Waals surface area contributed by atoms with Crippen molar-refractivity contribution in [2.45, 2.75) is 11.3 Å². The van der Waals surface area contributed by atoms with Crippen LogP contribution >= 0.6 is 0 Å². The zero-order valence-electron chi connectivity index (χ0n) is 15.0. The molecule has 0 radical (unpaired) electrons. The quantitative estimate of drug-likeness (QED) is 0.588. The van der Waals surface area contributed by atoms with E-state index in [1.54, 1.807) is 23.1 Å². The molecular weight excluding hydrogens is 384 g/mol. The summed E-state index contributed by atoms with van der Waals surface area (Å²) in [5.41, 5.74) is 1.51. The Bertz CT molecular complexity index is 983. The van der Waals surface area contributed by atoms with Gasteiger partial charge in [0.05, 0.1) is 16.2 Å². The lowest BCUT2D eigenvalue weighted by Gasteiger charge is -2.36. The fraction of sp³-hybridized carbons (Fsp3) is 0.278. The van der Waals surface area contributed by atoms with Gasteiger partial charge in [0, 0.05) is 44.0 Å². The summed E-state index contributed by atoms with van der Waals surface area (Å²) >= 11 is 0. The highest BCUT2D eigenvalue weighted by Gasteiger charge is 2.22. The summed E-state index contributed by atoms with van der Waals surface area (Å²) in [6.45, 7) is 2.18. The zero-order valence-corrected chi connectivity index (χ0v) is 15.8. The Balaban J connectivity index is 1.58. The van der Waals surface area contributed by atoms with Crippen LogP contribution in [-0.2, 0) is 21.2 Å². The molecule has 2 aromatic carbocycles. The number of primary sulfonamides is 1. The zero-order chi connectivity index (χ0) is 20.3. The summed E-state index contributed by atoms with van der Waals surface area (Å²) in [6.07, 6.45) is 0.168. The predicted octanol–water partition coefficient (Wildman–Crippen LogP) is 1.13. The summed E-state index contributed by atoms with van der Waals surface area (Å²) < 4.78 is 22.6. The van der Waals surface area contributed by atoms with Crippen LogP contribution in [0.15, 0.2) is 53.4 Å². The molecule has 0 aliphatic carbocycles. The number of hydrogen-bond donors (Lipinski definition) is 1. The Morgan fingerprint density at radius 2 is 1.71 bits per heavy atom. The maximum atomic E-state index is 12.5. The van der Waals surface area contributed by atoms with Crippen LogP contribution in [0.25, 0.3) is 0 Å². The van der Waals surface area contributed by atoms with Crippen molar-refractivity contribution < 1.29 is 18.1 Å². The molecular formula is C18H20N4O5S. The van der Waals surface area contributed by atoms with Gasteiger partial charge in [0.2, 0.25) is 15.9 Å². The minimum atomic E-state index is -3.75. The SMILES string of the molecule is NS(=O)(=O)c1ccc(CC(=O)N2CCN(c3cccc([N+](=O)[O-])c3)CC2)cc1. The van der Waals surface area contributed by atoms with Gasteiger partial charge >= 0.3 is 0 Å². The molecule has 0 aromatic heterocycles. The van der Waals surface area contributed by atoms with Crippen molar-refractivity contribution in [2.75, 3.05) is 31.1 Å². The van der Waals surface area contributed by atoms with Gasteiger partial charge in [-0.15, -0.1) is 0 Å². The molecule has 0 saturated carbocycles. The minimum absolute atomic E-state index is 0.00858. The third kappa shape index (κ3) is 4.65. The molecule has 1 fully saturated rings. The summed E-state index contributed by atoms with van der Waals surface area (Å²) in [5.74, 6) is -0.0537. The van der Waals surface area contributed by atoms with E-state index in [1.165, 1.54) is 24.3 Å². The number of piperazine rings is 1. The molecule has 9 nitrogen and oxygen atoms in total. The maximum Gasteiger partial charge on any atom is 0.271 e. The number of sulfonamides is 1. The van der Waals surface area contributed by atoms with Gasteiger partial charge in [0.25, 0.3) is 5.69 Å². The highest BCUT2D eigenvalue weighted by molar-refractivity contribution is 7.89. The number of anilines is 1. The molecule has 1 heterocycles. The first-order valence-corrected chi connectivity index (χ1v) is 10.2. The van der Waals surface area contributed by atoms with Gasteiger partial charge in [-0.3, -0.25) is 14.9 Å². The molecule has 0 atom stereocenters. The fourth-order valence-corrected chi connectivity index (χ4v) is 3.62. The van der Waals surface area contributed by atoms with E-state index in [0.717, 1.165) is 5.69 Å². The minimum Gasteiger partial charge on any atom is -0.368 e.